The van der Waals surface area contributed by atoms with Crippen LogP contribution in [0, 0.1) is 12.8 Å². The predicted molar refractivity (Wildman–Crippen MR) is 130 cm³/mol. The Kier molecular flexibility index (Phi) is 7.67. The summed E-state index contributed by atoms with van der Waals surface area (Å²) < 4.78 is 24.2. The van der Waals surface area contributed by atoms with E-state index in [1.165, 1.54) is 32.8 Å². The molecule has 0 saturated heterocycles. The number of fused-ring (bicyclic) bond motifs is 2. The van der Waals surface area contributed by atoms with E-state index in [-0.39, 0.29) is 29.9 Å². The van der Waals surface area contributed by atoms with Gasteiger partial charge in [0.15, 0.2) is 11.5 Å². The van der Waals surface area contributed by atoms with Crippen molar-refractivity contribution >= 4 is 5.97 Å². The minimum absolute atomic E-state index is 0.0677. The molecule has 34 heavy (non-hydrogen) atoms. The van der Waals surface area contributed by atoms with Crippen molar-refractivity contribution < 1.29 is 28.8 Å². The number of aryl methyl sites for hydroxylation is 1. The van der Waals surface area contributed by atoms with Crippen molar-refractivity contribution in [1.82, 2.24) is 0 Å². The maximum atomic E-state index is 13.1. The van der Waals surface area contributed by atoms with E-state index in [9.17, 15) is 9.90 Å². The number of cyclic esters (lactones) is 1. The normalized spacial score (nSPS) is 17.4. The lowest BCUT2D eigenvalue weighted by molar-refractivity contribution is 0.0452. The minimum Gasteiger partial charge on any atom is -0.495 e. The molecule has 1 atom stereocenters. The molecule has 4 rings (SSSR count). The van der Waals surface area contributed by atoms with Crippen LogP contribution in [0.1, 0.15) is 91.9 Å². The van der Waals surface area contributed by atoms with Crippen LogP contribution in [0.4, 0.5) is 0 Å². The Morgan fingerprint density at radius 1 is 1.12 bits per heavy atom. The highest BCUT2D eigenvalue weighted by Crippen LogP contribution is 2.45. The molecule has 1 N–H and O–H groups in total. The van der Waals surface area contributed by atoms with Gasteiger partial charge >= 0.3 is 5.97 Å². The zero-order valence-electron chi connectivity index (χ0n) is 20.7. The molecule has 2 aliphatic rings. The second-order valence-electron chi connectivity index (χ2n) is 9.87. The number of hydrogen-bond acceptors (Lipinski definition) is 6. The molecule has 0 bridgehead atoms. The van der Waals surface area contributed by atoms with Crippen LogP contribution in [0.2, 0.25) is 0 Å². The molecular formula is C28H36O6. The lowest BCUT2D eigenvalue weighted by Crippen LogP contribution is -2.18. The molecule has 1 aliphatic carbocycles. The van der Waals surface area contributed by atoms with Crippen LogP contribution in [-0.2, 0) is 11.3 Å². The van der Waals surface area contributed by atoms with Gasteiger partial charge in [0.2, 0.25) is 0 Å². The topological polar surface area (TPSA) is 74.2 Å². The van der Waals surface area contributed by atoms with E-state index in [1.807, 2.05) is 32.9 Å². The summed E-state index contributed by atoms with van der Waals surface area (Å²) >= 11 is 0. The fourth-order valence-electron chi connectivity index (χ4n) is 4.90. The van der Waals surface area contributed by atoms with Gasteiger partial charge in [0, 0.05) is 11.1 Å². The lowest BCUT2D eigenvalue weighted by atomic mass is 9.96. The van der Waals surface area contributed by atoms with Crippen molar-refractivity contribution in [2.45, 2.75) is 84.5 Å². The summed E-state index contributed by atoms with van der Waals surface area (Å²) in [6, 6.07) is 7.43. The maximum absolute atomic E-state index is 13.1. The van der Waals surface area contributed by atoms with Gasteiger partial charge in [-0.1, -0.05) is 26.7 Å². The average Bonchev–Trinajstić information content (AvgIpc) is 3.05. The summed E-state index contributed by atoms with van der Waals surface area (Å²) in [5, 5.41) is 10.8. The number of aliphatic hydroxyl groups excluding tert-OH is 1. The third kappa shape index (κ3) is 5.33. The van der Waals surface area contributed by atoms with Crippen LogP contribution in [0.25, 0.3) is 0 Å². The van der Waals surface area contributed by atoms with Crippen molar-refractivity contribution in [2.24, 2.45) is 5.92 Å². The second kappa shape index (κ2) is 10.7. The monoisotopic (exact) mass is 468 g/mol. The number of carbonyl (C=O) groups excluding carboxylic acids is 1. The lowest BCUT2D eigenvalue weighted by Gasteiger charge is -2.26. The van der Waals surface area contributed by atoms with E-state index in [0.29, 0.717) is 29.2 Å². The molecule has 1 saturated carbocycles. The summed E-state index contributed by atoms with van der Waals surface area (Å²) in [6.45, 7) is 6.14. The molecule has 6 nitrogen and oxygen atoms in total. The van der Waals surface area contributed by atoms with E-state index in [0.717, 1.165) is 24.0 Å². The van der Waals surface area contributed by atoms with Gasteiger partial charge in [-0.25, -0.2) is 4.79 Å². The van der Waals surface area contributed by atoms with Crippen molar-refractivity contribution in [3.8, 4) is 23.0 Å². The Bertz CT molecular complexity index is 1020. The average molecular weight is 469 g/mol. The van der Waals surface area contributed by atoms with Crippen molar-refractivity contribution in [3.05, 3.63) is 46.5 Å². The van der Waals surface area contributed by atoms with Gasteiger partial charge in [-0.05, 0) is 74.8 Å². The van der Waals surface area contributed by atoms with Gasteiger partial charge in [0.1, 0.15) is 23.7 Å². The number of aliphatic hydroxyl groups is 1. The first kappa shape index (κ1) is 24.4. The van der Waals surface area contributed by atoms with Gasteiger partial charge in [0.05, 0.1) is 19.3 Å². The fourth-order valence-corrected chi connectivity index (χ4v) is 4.90. The molecule has 0 unspecified atom stereocenters. The highest BCUT2D eigenvalue weighted by atomic mass is 16.6. The fraction of sp³-hybridized carbons (Fsp3) is 0.536. The summed E-state index contributed by atoms with van der Waals surface area (Å²) in [7, 11) is 1.49. The summed E-state index contributed by atoms with van der Waals surface area (Å²) in [4.78, 5) is 13.1. The molecule has 6 heteroatoms. The van der Waals surface area contributed by atoms with Gasteiger partial charge in [-0.15, -0.1) is 0 Å². The molecule has 0 amide bonds. The van der Waals surface area contributed by atoms with Gasteiger partial charge < -0.3 is 24.1 Å². The molecule has 2 aromatic carbocycles. The van der Waals surface area contributed by atoms with Crippen LogP contribution < -0.4 is 14.2 Å². The van der Waals surface area contributed by atoms with Crippen LogP contribution >= 0.6 is 0 Å². The number of methoxy groups -OCH3 is 1. The third-order valence-corrected chi connectivity index (χ3v) is 6.55. The number of benzene rings is 2. The Morgan fingerprint density at radius 2 is 1.85 bits per heavy atom. The molecule has 1 fully saturated rings. The van der Waals surface area contributed by atoms with E-state index in [2.05, 4.69) is 0 Å². The standard InChI is InChI=1S/C28H36O6/c1-17(2)13-22(29)21-11-12-23-25(27(21)31-4)28(30)32-16-19-14-18(3)15-24(26(19)34-23)33-20-9-7-5-6-8-10-20/h11-12,14-15,17,20,22,29H,5-10,13,16H2,1-4H3/t22-/m0/s1. The number of esters is 1. The predicted octanol–water partition coefficient (Wildman–Crippen LogP) is 6.65. The highest BCUT2D eigenvalue weighted by Gasteiger charge is 2.30. The SMILES string of the molecule is COc1c([C@@H](O)CC(C)C)ccc2c1C(=O)OCc1cc(C)cc(OC3CCCCCC3)c1O2. The quantitative estimate of drug-likeness (QED) is 0.378. The van der Waals surface area contributed by atoms with Crippen molar-refractivity contribution in [3.63, 3.8) is 0 Å². The van der Waals surface area contributed by atoms with E-state index in [1.54, 1.807) is 12.1 Å². The first-order valence-corrected chi connectivity index (χ1v) is 12.4. The van der Waals surface area contributed by atoms with Crippen LogP contribution in [-0.4, -0.2) is 24.3 Å². The molecular weight excluding hydrogens is 432 g/mol. The number of ether oxygens (including phenoxy) is 4. The van der Waals surface area contributed by atoms with Crippen LogP contribution in [0.3, 0.4) is 0 Å². The molecule has 0 aromatic heterocycles. The number of hydrogen-bond donors (Lipinski definition) is 1. The highest BCUT2D eigenvalue weighted by molar-refractivity contribution is 5.96. The number of rotatable bonds is 6. The summed E-state index contributed by atoms with van der Waals surface area (Å²) in [5.74, 6) is 1.61. The summed E-state index contributed by atoms with van der Waals surface area (Å²) in [6.07, 6.45) is 6.81. The largest absolute Gasteiger partial charge is 0.495 e. The van der Waals surface area contributed by atoms with Crippen molar-refractivity contribution in [1.29, 1.82) is 0 Å². The van der Waals surface area contributed by atoms with Crippen LogP contribution in [0.5, 0.6) is 23.0 Å². The smallest absolute Gasteiger partial charge is 0.346 e. The van der Waals surface area contributed by atoms with Gasteiger partial charge in [-0.3, -0.25) is 0 Å². The van der Waals surface area contributed by atoms with Gasteiger partial charge in [-0.2, -0.15) is 0 Å². The minimum atomic E-state index is -0.762. The maximum Gasteiger partial charge on any atom is 0.346 e. The zero-order chi connectivity index (χ0) is 24.2. The van der Waals surface area contributed by atoms with E-state index >= 15 is 0 Å². The molecule has 184 valence electrons. The first-order chi connectivity index (χ1) is 16.4. The molecule has 0 radical (unpaired) electrons. The Balaban J connectivity index is 1.75. The van der Waals surface area contributed by atoms with E-state index < -0.39 is 12.1 Å². The molecule has 2 aromatic rings. The Labute approximate surface area is 202 Å². The first-order valence-electron chi connectivity index (χ1n) is 12.4. The van der Waals surface area contributed by atoms with Crippen molar-refractivity contribution in [2.75, 3.05) is 7.11 Å². The van der Waals surface area contributed by atoms with Gasteiger partial charge in [0.25, 0.3) is 0 Å². The van der Waals surface area contributed by atoms with Crippen LogP contribution in [0.15, 0.2) is 24.3 Å². The Morgan fingerprint density at radius 3 is 2.53 bits per heavy atom. The molecule has 1 heterocycles. The summed E-state index contributed by atoms with van der Waals surface area (Å²) in [5.41, 5.74) is 2.53. The third-order valence-electron chi connectivity index (χ3n) is 6.55. The zero-order valence-corrected chi connectivity index (χ0v) is 20.7. The molecule has 0 spiro atoms. The number of carbonyl (C=O) groups is 1. The second-order valence-corrected chi connectivity index (χ2v) is 9.87. The van der Waals surface area contributed by atoms with E-state index in [4.69, 9.17) is 18.9 Å². The molecule has 1 aliphatic heterocycles. The Hall–Kier alpha value is -2.73.